The van der Waals surface area contributed by atoms with Crippen LogP contribution < -0.4 is 11.1 Å². The molecule has 0 saturated heterocycles. The molecule has 32 heavy (non-hydrogen) atoms. The first-order chi connectivity index (χ1) is 15.5. The van der Waals surface area contributed by atoms with Gasteiger partial charge in [-0.05, 0) is 49.3 Å². The molecule has 0 saturated carbocycles. The zero-order valence-corrected chi connectivity index (χ0v) is 19.9. The van der Waals surface area contributed by atoms with E-state index in [1.54, 1.807) is 15.9 Å². The Bertz CT molecular complexity index is 1420. The molecule has 1 unspecified atom stereocenters. The van der Waals surface area contributed by atoms with E-state index in [1.165, 1.54) is 22.2 Å². The Morgan fingerprint density at radius 2 is 2.09 bits per heavy atom. The molecule has 166 valence electrons. The summed E-state index contributed by atoms with van der Waals surface area (Å²) in [5, 5.41) is 2.08. The molecule has 1 N–H and O–H groups in total. The lowest BCUT2D eigenvalue weighted by Crippen LogP contribution is -2.23. The Kier molecular flexibility index (Phi) is 5.90. The second-order valence-electron chi connectivity index (χ2n) is 8.56. The number of thioether (sulfide) groups is 1. The molecule has 1 aliphatic carbocycles. The summed E-state index contributed by atoms with van der Waals surface area (Å²) in [4.78, 5) is 40.6. The van der Waals surface area contributed by atoms with Gasteiger partial charge in [0.05, 0.1) is 22.0 Å². The fourth-order valence-corrected chi connectivity index (χ4v) is 6.66. The van der Waals surface area contributed by atoms with E-state index in [2.05, 4.69) is 18.8 Å². The van der Waals surface area contributed by atoms with Gasteiger partial charge in [-0.1, -0.05) is 44.2 Å². The number of rotatable bonds is 6. The van der Waals surface area contributed by atoms with Crippen LogP contribution in [-0.4, -0.2) is 19.5 Å². The first-order valence-corrected chi connectivity index (χ1v) is 13.0. The van der Waals surface area contributed by atoms with Crippen molar-refractivity contribution >= 4 is 44.2 Å². The second kappa shape index (κ2) is 8.83. The van der Waals surface area contributed by atoms with E-state index in [4.69, 9.17) is 9.97 Å². The maximum absolute atomic E-state index is 13.1. The minimum absolute atomic E-state index is 0.0106. The molecule has 5 rings (SSSR count). The van der Waals surface area contributed by atoms with E-state index in [0.717, 1.165) is 42.3 Å². The molecule has 1 aliphatic rings. The molecule has 1 aromatic carbocycles. The standard InChI is InChI=1S/C24H26N4O2S2/c1-3-4-11-28-23(30)15-7-5-6-8-17(15)25-24(28)31-13-19-26-21(29)20-16-10-9-14(2)12-18(16)32-22(20)27-19/h5-8,14H,3-4,9-13H2,1-2H3,(H,26,27,29). The highest BCUT2D eigenvalue weighted by Crippen LogP contribution is 2.35. The zero-order valence-electron chi connectivity index (χ0n) is 18.3. The number of aromatic nitrogens is 4. The van der Waals surface area contributed by atoms with Gasteiger partial charge in [-0.15, -0.1) is 11.3 Å². The van der Waals surface area contributed by atoms with E-state index in [9.17, 15) is 9.59 Å². The third kappa shape index (κ3) is 3.90. The Balaban J connectivity index is 1.49. The number of H-pyrrole nitrogens is 1. The van der Waals surface area contributed by atoms with Crippen LogP contribution >= 0.6 is 23.1 Å². The molecule has 1 atom stereocenters. The molecular weight excluding hydrogens is 440 g/mol. The van der Waals surface area contributed by atoms with Gasteiger partial charge in [0.2, 0.25) is 0 Å². The van der Waals surface area contributed by atoms with Crippen molar-refractivity contribution in [3.63, 3.8) is 0 Å². The van der Waals surface area contributed by atoms with Gasteiger partial charge in [0, 0.05) is 11.4 Å². The highest BCUT2D eigenvalue weighted by atomic mass is 32.2. The summed E-state index contributed by atoms with van der Waals surface area (Å²) >= 11 is 3.12. The van der Waals surface area contributed by atoms with Gasteiger partial charge in [-0.2, -0.15) is 0 Å². The van der Waals surface area contributed by atoms with Crippen LogP contribution in [0.15, 0.2) is 39.0 Å². The minimum atomic E-state index is -0.0486. The van der Waals surface area contributed by atoms with Crippen LogP contribution in [0.5, 0.6) is 0 Å². The van der Waals surface area contributed by atoms with Gasteiger partial charge >= 0.3 is 0 Å². The second-order valence-corrected chi connectivity index (χ2v) is 10.6. The number of aromatic amines is 1. The van der Waals surface area contributed by atoms with Crippen LogP contribution in [0, 0.1) is 5.92 Å². The van der Waals surface area contributed by atoms with Crippen LogP contribution in [0.2, 0.25) is 0 Å². The normalized spacial score (nSPS) is 16.0. The number of fused-ring (bicyclic) bond motifs is 4. The number of hydrogen-bond acceptors (Lipinski definition) is 6. The van der Waals surface area contributed by atoms with Crippen molar-refractivity contribution in [3.8, 4) is 0 Å². The zero-order chi connectivity index (χ0) is 22.2. The fraction of sp³-hybridized carbons (Fsp3) is 0.417. The Hall–Kier alpha value is -2.45. The van der Waals surface area contributed by atoms with E-state index in [0.29, 0.717) is 40.1 Å². The highest BCUT2D eigenvalue weighted by molar-refractivity contribution is 7.98. The fourth-order valence-electron chi connectivity index (χ4n) is 4.37. The van der Waals surface area contributed by atoms with Crippen LogP contribution in [0.3, 0.4) is 0 Å². The molecule has 3 aromatic heterocycles. The van der Waals surface area contributed by atoms with Gasteiger partial charge in [-0.3, -0.25) is 14.2 Å². The number of aryl methyl sites for hydroxylation is 1. The SMILES string of the molecule is CCCCn1c(SCc2nc3sc4c(c3c(=O)[nH]2)CCC(C)C4)nc2ccccc2c1=O. The number of para-hydroxylation sites is 1. The van der Waals surface area contributed by atoms with Crippen molar-refractivity contribution < 1.29 is 0 Å². The number of thiophene rings is 1. The summed E-state index contributed by atoms with van der Waals surface area (Å²) in [6.07, 6.45) is 5.02. The molecule has 0 radical (unpaired) electrons. The van der Waals surface area contributed by atoms with Gasteiger partial charge in [0.1, 0.15) is 10.7 Å². The van der Waals surface area contributed by atoms with Crippen molar-refractivity contribution in [2.24, 2.45) is 5.92 Å². The molecule has 4 aromatic rings. The predicted octanol–water partition coefficient (Wildman–Crippen LogP) is 4.91. The van der Waals surface area contributed by atoms with E-state index >= 15 is 0 Å². The lowest BCUT2D eigenvalue weighted by Gasteiger charge is -2.17. The molecule has 6 nitrogen and oxygen atoms in total. The third-order valence-electron chi connectivity index (χ3n) is 6.11. The number of benzene rings is 1. The summed E-state index contributed by atoms with van der Waals surface area (Å²) in [6, 6.07) is 7.46. The molecule has 0 bridgehead atoms. The first kappa shape index (κ1) is 21.4. The number of nitrogens with zero attached hydrogens (tertiary/aromatic N) is 3. The Morgan fingerprint density at radius 1 is 1.25 bits per heavy atom. The first-order valence-electron chi connectivity index (χ1n) is 11.2. The van der Waals surface area contributed by atoms with Crippen molar-refractivity contribution in [2.45, 2.75) is 63.4 Å². The molecule has 0 fully saturated rings. The average molecular weight is 467 g/mol. The molecule has 0 spiro atoms. The van der Waals surface area contributed by atoms with Crippen molar-refractivity contribution in [1.82, 2.24) is 19.5 Å². The van der Waals surface area contributed by atoms with E-state index < -0.39 is 0 Å². The molecular formula is C24H26N4O2S2. The largest absolute Gasteiger partial charge is 0.309 e. The van der Waals surface area contributed by atoms with Gasteiger partial charge < -0.3 is 4.98 Å². The summed E-state index contributed by atoms with van der Waals surface area (Å²) < 4.78 is 1.76. The maximum Gasteiger partial charge on any atom is 0.262 e. The van der Waals surface area contributed by atoms with E-state index in [-0.39, 0.29) is 11.1 Å². The molecule has 0 aliphatic heterocycles. The number of hydrogen-bond donors (Lipinski definition) is 1. The Labute approximate surface area is 194 Å². The quantitative estimate of drug-likeness (QED) is 0.322. The predicted molar refractivity (Wildman–Crippen MR) is 132 cm³/mol. The maximum atomic E-state index is 13.1. The van der Waals surface area contributed by atoms with E-state index in [1.807, 2.05) is 24.3 Å². The third-order valence-corrected chi connectivity index (χ3v) is 8.25. The Morgan fingerprint density at radius 3 is 2.94 bits per heavy atom. The van der Waals surface area contributed by atoms with Gasteiger partial charge in [-0.25, -0.2) is 9.97 Å². The topological polar surface area (TPSA) is 80.6 Å². The lowest BCUT2D eigenvalue weighted by molar-refractivity contribution is 0.509. The number of nitrogens with one attached hydrogen (secondary N) is 1. The van der Waals surface area contributed by atoms with Crippen LogP contribution in [0.1, 0.15) is 49.4 Å². The summed E-state index contributed by atoms with van der Waals surface area (Å²) in [5.41, 5.74) is 1.83. The highest BCUT2D eigenvalue weighted by Gasteiger charge is 2.23. The monoisotopic (exact) mass is 466 g/mol. The minimum Gasteiger partial charge on any atom is -0.309 e. The molecule has 3 heterocycles. The van der Waals surface area contributed by atoms with Gasteiger partial charge in [0.15, 0.2) is 5.16 Å². The van der Waals surface area contributed by atoms with Crippen molar-refractivity contribution in [1.29, 1.82) is 0 Å². The van der Waals surface area contributed by atoms with Crippen LogP contribution in [-0.2, 0) is 25.1 Å². The van der Waals surface area contributed by atoms with Crippen LogP contribution in [0.4, 0.5) is 0 Å². The average Bonchev–Trinajstić information content (AvgIpc) is 3.15. The molecule has 8 heteroatoms. The summed E-state index contributed by atoms with van der Waals surface area (Å²) in [6.45, 7) is 5.01. The van der Waals surface area contributed by atoms with Crippen molar-refractivity contribution in [2.75, 3.05) is 0 Å². The summed E-state index contributed by atoms with van der Waals surface area (Å²) in [7, 11) is 0. The summed E-state index contributed by atoms with van der Waals surface area (Å²) in [5.74, 6) is 1.74. The molecule has 0 amide bonds. The lowest BCUT2D eigenvalue weighted by atomic mass is 9.89. The van der Waals surface area contributed by atoms with Crippen LogP contribution in [0.25, 0.3) is 21.1 Å². The number of unbranched alkanes of at least 4 members (excludes halogenated alkanes) is 1. The van der Waals surface area contributed by atoms with Crippen molar-refractivity contribution in [3.05, 3.63) is 61.2 Å². The smallest absolute Gasteiger partial charge is 0.262 e. The van der Waals surface area contributed by atoms with Gasteiger partial charge in [0.25, 0.3) is 11.1 Å².